The Morgan fingerprint density at radius 2 is 2.05 bits per heavy atom. The van der Waals surface area contributed by atoms with Crippen LogP contribution in [0.4, 0.5) is 0 Å². The Balaban J connectivity index is 2.16. The minimum atomic E-state index is 0.231. The van der Waals surface area contributed by atoms with Gasteiger partial charge in [-0.25, -0.2) is 0 Å². The van der Waals surface area contributed by atoms with Crippen molar-refractivity contribution in [1.82, 2.24) is 4.57 Å². The van der Waals surface area contributed by atoms with Gasteiger partial charge in [0.2, 0.25) is 0 Å². The monoisotopic (exact) mass is 262 g/mol. The molecule has 0 aromatic carbocycles. The van der Waals surface area contributed by atoms with Crippen LogP contribution >= 0.6 is 0 Å². The van der Waals surface area contributed by atoms with Crippen LogP contribution in [0.1, 0.15) is 75.9 Å². The van der Waals surface area contributed by atoms with Gasteiger partial charge in [0, 0.05) is 24.0 Å². The summed E-state index contributed by atoms with van der Waals surface area (Å²) in [5, 5.41) is 0. The van der Waals surface area contributed by atoms with Crippen LogP contribution in [-0.4, -0.2) is 4.57 Å². The molecule has 1 heterocycles. The van der Waals surface area contributed by atoms with Crippen molar-refractivity contribution >= 4 is 0 Å². The van der Waals surface area contributed by atoms with Crippen molar-refractivity contribution in [3.63, 3.8) is 0 Å². The van der Waals surface area contributed by atoms with Crippen molar-refractivity contribution in [2.45, 2.75) is 78.8 Å². The fourth-order valence-electron chi connectivity index (χ4n) is 3.51. The summed E-state index contributed by atoms with van der Waals surface area (Å²) in [5.41, 5.74) is 11.0. The van der Waals surface area contributed by atoms with Gasteiger partial charge in [-0.3, -0.25) is 0 Å². The van der Waals surface area contributed by atoms with E-state index in [1.165, 1.54) is 55.6 Å². The van der Waals surface area contributed by atoms with Gasteiger partial charge in [-0.05, 0) is 43.2 Å². The normalized spacial score (nSPS) is 21.4. The number of fused-ring (bicyclic) bond motifs is 1. The van der Waals surface area contributed by atoms with Gasteiger partial charge in [0.25, 0.3) is 0 Å². The fraction of sp³-hybridized carbons (Fsp3) is 0.765. The Morgan fingerprint density at radius 1 is 1.32 bits per heavy atom. The average molecular weight is 262 g/mol. The zero-order valence-corrected chi connectivity index (χ0v) is 13.1. The average Bonchev–Trinajstić information content (AvgIpc) is 2.61. The topological polar surface area (TPSA) is 30.9 Å². The predicted octanol–water partition coefficient (Wildman–Crippen LogP) is 4.35. The van der Waals surface area contributed by atoms with E-state index in [1.54, 1.807) is 0 Å². The number of nitrogens with two attached hydrogens (primary N) is 1. The fourth-order valence-corrected chi connectivity index (χ4v) is 3.51. The quantitative estimate of drug-likeness (QED) is 0.786. The van der Waals surface area contributed by atoms with E-state index in [0.29, 0.717) is 5.41 Å². The third kappa shape index (κ3) is 3.22. The first-order valence-corrected chi connectivity index (χ1v) is 7.89. The van der Waals surface area contributed by atoms with E-state index < -0.39 is 0 Å². The molecule has 0 saturated heterocycles. The van der Waals surface area contributed by atoms with E-state index in [0.717, 1.165) is 6.42 Å². The Labute approximate surface area is 118 Å². The highest BCUT2D eigenvalue weighted by Crippen LogP contribution is 2.40. The Bertz CT molecular complexity index is 429. The van der Waals surface area contributed by atoms with Crippen molar-refractivity contribution < 1.29 is 0 Å². The Hall–Kier alpha value is -0.760. The molecule has 1 aromatic rings. The van der Waals surface area contributed by atoms with Crippen LogP contribution in [0.15, 0.2) is 6.07 Å². The first-order valence-electron chi connectivity index (χ1n) is 7.89. The van der Waals surface area contributed by atoms with Gasteiger partial charge in [-0.15, -0.1) is 0 Å². The number of nitrogens with zero attached hydrogens (tertiary/aromatic N) is 1. The molecule has 0 fully saturated rings. The highest BCUT2D eigenvalue weighted by atomic mass is 15.0. The highest BCUT2D eigenvalue weighted by Gasteiger charge is 2.32. The summed E-state index contributed by atoms with van der Waals surface area (Å²) in [6, 6.07) is 2.56. The van der Waals surface area contributed by atoms with Crippen LogP contribution in [0, 0.1) is 12.3 Å². The lowest BCUT2D eigenvalue weighted by Crippen LogP contribution is -2.30. The van der Waals surface area contributed by atoms with Gasteiger partial charge in [-0.2, -0.15) is 0 Å². The largest absolute Gasteiger partial charge is 0.349 e. The van der Waals surface area contributed by atoms with Crippen molar-refractivity contribution in [2.75, 3.05) is 0 Å². The molecule has 0 radical (unpaired) electrons. The van der Waals surface area contributed by atoms with Crippen molar-refractivity contribution in [3.05, 3.63) is 23.0 Å². The predicted molar refractivity (Wildman–Crippen MR) is 82.3 cm³/mol. The number of aryl methyl sites for hydroxylation is 1. The van der Waals surface area contributed by atoms with Crippen LogP contribution in [0.2, 0.25) is 0 Å². The molecule has 2 N–H and O–H groups in total. The molecule has 0 saturated carbocycles. The molecule has 2 rings (SSSR count). The van der Waals surface area contributed by atoms with Gasteiger partial charge < -0.3 is 10.3 Å². The summed E-state index contributed by atoms with van der Waals surface area (Å²) in [6.45, 7) is 10.4. The second-order valence-electron chi connectivity index (χ2n) is 7.05. The molecule has 1 aromatic heterocycles. The lowest BCUT2D eigenvalue weighted by atomic mass is 9.74. The first kappa shape index (κ1) is 14.6. The zero-order chi connectivity index (χ0) is 14.0. The second-order valence-corrected chi connectivity index (χ2v) is 7.05. The maximum atomic E-state index is 6.37. The van der Waals surface area contributed by atoms with Gasteiger partial charge in [0.15, 0.2) is 0 Å². The molecule has 19 heavy (non-hydrogen) atoms. The summed E-state index contributed by atoms with van der Waals surface area (Å²) in [5.74, 6) is 0. The standard InChI is InChI=1S/C17H30N2/c1-5-6-7-8-9-19-13(2)10-14-15(18)11-17(3,4)12-16(14)19/h10,15H,5-9,11-12,18H2,1-4H3. The lowest BCUT2D eigenvalue weighted by Gasteiger charge is -2.34. The third-order valence-electron chi connectivity index (χ3n) is 4.50. The molecule has 0 bridgehead atoms. The van der Waals surface area contributed by atoms with Crippen LogP contribution in [0.5, 0.6) is 0 Å². The van der Waals surface area contributed by atoms with Crippen LogP contribution in [-0.2, 0) is 13.0 Å². The van der Waals surface area contributed by atoms with Gasteiger partial charge >= 0.3 is 0 Å². The van der Waals surface area contributed by atoms with Gasteiger partial charge in [0.05, 0.1) is 0 Å². The third-order valence-corrected chi connectivity index (χ3v) is 4.50. The van der Waals surface area contributed by atoms with Crippen molar-refractivity contribution in [1.29, 1.82) is 0 Å². The minimum Gasteiger partial charge on any atom is -0.349 e. The van der Waals surface area contributed by atoms with E-state index in [1.807, 2.05) is 0 Å². The molecule has 0 aliphatic heterocycles. The number of hydrogen-bond donors (Lipinski definition) is 1. The molecule has 1 atom stereocenters. The maximum absolute atomic E-state index is 6.37. The van der Waals surface area contributed by atoms with E-state index >= 15 is 0 Å². The summed E-state index contributed by atoms with van der Waals surface area (Å²) in [4.78, 5) is 0. The Morgan fingerprint density at radius 3 is 2.74 bits per heavy atom. The molecule has 108 valence electrons. The van der Waals surface area contributed by atoms with E-state index in [-0.39, 0.29) is 6.04 Å². The minimum absolute atomic E-state index is 0.231. The second kappa shape index (κ2) is 5.70. The molecule has 1 aliphatic rings. The molecule has 2 heteroatoms. The SMILES string of the molecule is CCCCCCn1c(C)cc2c1CC(C)(C)CC2N. The van der Waals surface area contributed by atoms with Gasteiger partial charge in [-0.1, -0.05) is 40.0 Å². The lowest BCUT2D eigenvalue weighted by molar-refractivity contribution is 0.274. The molecule has 1 aliphatic carbocycles. The summed E-state index contributed by atoms with van der Waals surface area (Å²) in [6.07, 6.45) is 7.59. The number of aromatic nitrogens is 1. The molecular weight excluding hydrogens is 232 g/mol. The summed E-state index contributed by atoms with van der Waals surface area (Å²) >= 11 is 0. The maximum Gasteiger partial charge on any atom is 0.0318 e. The van der Waals surface area contributed by atoms with E-state index in [9.17, 15) is 0 Å². The van der Waals surface area contributed by atoms with Crippen molar-refractivity contribution in [3.8, 4) is 0 Å². The first-order chi connectivity index (χ1) is 8.94. The molecule has 0 spiro atoms. The van der Waals surface area contributed by atoms with Crippen LogP contribution < -0.4 is 5.73 Å². The molecule has 1 unspecified atom stereocenters. The highest BCUT2D eigenvalue weighted by molar-refractivity contribution is 5.34. The van der Waals surface area contributed by atoms with Crippen molar-refractivity contribution in [2.24, 2.45) is 11.1 Å². The van der Waals surface area contributed by atoms with Crippen LogP contribution in [0.3, 0.4) is 0 Å². The van der Waals surface area contributed by atoms with Gasteiger partial charge in [0.1, 0.15) is 0 Å². The molecule has 0 amide bonds. The van der Waals surface area contributed by atoms with Crippen LogP contribution in [0.25, 0.3) is 0 Å². The van der Waals surface area contributed by atoms with E-state index in [4.69, 9.17) is 5.73 Å². The Kier molecular flexibility index (Phi) is 4.39. The molecule has 2 nitrogen and oxygen atoms in total. The zero-order valence-electron chi connectivity index (χ0n) is 13.1. The number of rotatable bonds is 5. The summed E-state index contributed by atoms with van der Waals surface area (Å²) in [7, 11) is 0. The van der Waals surface area contributed by atoms with E-state index in [2.05, 4.69) is 38.3 Å². The molecular formula is C17H30N2. The number of unbranched alkanes of at least 4 members (excludes halogenated alkanes) is 3. The number of hydrogen-bond acceptors (Lipinski definition) is 1. The smallest absolute Gasteiger partial charge is 0.0318 e. The summed E-state index contributed by atoms with van der Waals surface area (Å²) < 4.78 is 2.53.